The monoisotopic (exact) mass is 390 g/mol. The Morgan fingerprint density at radius 1 is 0.840 bits per heavy atom. The molecular formula is C18H38O5Si2. The van der Waals surface area contributed by atoms with Crippen LogP contribution in [0.3, 0.4) is 0 Å². The molecule has 0 aromatic heterocycles. The Balaban J connectivity index is 3.17. The zero-order chi connectivity index (χ0) is 19.8. The zero-order valence-corrected chi connectivity index (χ0v) is 19.9. The Morgan fingerprint density at radius 2 is 1.24 bits per heavy atom. The van der Waals surface area contributed by atoms with Crippen LogP contribution < -0.4 is 0 Å². The van der Waals surface area contributed by atoms with E-state index in [0.717, 1.165) is 6.29 Å². The van der Waals surface area contributed by atoms with E-state index in [2.05, 4.69) is 67.7 Å². The number of hydrogen-bond acceptors (Lipinski definition) is 5. The molecular weight excluding hydrogens is 352 g/mol. The SMILES string of the molecule is CO[C@H]1O[C@H](C=O)[C@@H](O[Si](C)(C)C(C)(C)C)[C@@H]1O[Si](C)(C)C(C)(C)C. The molecule has 0 radical (unpaired) electrons. The number of hydrogen-bond donors (Lipinski definition) is 0. The van der Waals surface area contributed by atoms with Crippen molar-refractivity contribution in [3.05, 3.63) is 0 Å². The van der Waals surface area contributed by atoms with E-state index in [0.29, 0.717) is 0 Å². The Labute approximate surface area is 156 Å². The molecule has 0 N–H and O–H groups in total. The summed E-state index contributed by atoms with van der Waals surface area (Å²) in [5, 5.41) is 0.0825. The molecule has 7 heteroatoms. The Kier molecular flexibility index (Phi) is 6.91. The van der Waals surface area contributed by atoms with Crippen molar-refractivity contribution < 1.29 is 23.1 Å². The van der Waals surface area contributed by atoms with Crippen LogP contribution in [0.15, 0.2) is 0 Å². The molecule has 1 heterocycles. The number of rotatable bonds is 6. The maximum atomic E-state index is 11.6. The van der Waals surface area contributed by atoms with Gasteiger partial charge >= 0.3 is 0 Å². The average Bonchev–Trinajstić information content (AvgIpc) is 2.72. The molecule has 1 rings (SSSR count). The fourth-order valence-electron chi connectivity index (χ4n) is 2.24. The molecule has 1 aliphatic heterocycles. The summed E-state index contributed by atoms with van der Waals surface area (Å²) in [4.78, 5) is 11.6. The predicted octanol–water partition coefficient (Wildman–Crippen LogP) is 4.34. The minimum absolute atomic E-state index is 0.0348. The number of methoxy groups -OCH3 is 1. The number of aldehydes is 1. The van der Waals surface area contributed by atoms with Crippen LogP contribution in [0.5, 0.6) is 0 Å². The summed E-state index contributed by atoms with van der Waals surface area (Å²) in [5.74, 6) is 0. The minimum atomic E-state index is -2.09. The summed E-state index contributed by atoms with van der Waals surface area (Å²) < 4.78 is 24.5. The normalized spacial score (nSPS) is 29.1. The van der Waals surface area contributed by atoms with Crippen LogP contribution in [0.2, 0.25) is 36.3 Å². The highest BCUT2D eigenvalue weighted by molar-refractivity contribution is 6.74. The fourth-order valence-corrected chi connectivity index (χ4v) is 4.82. The van der Waals surface area contributed by atoms with Crippen molar-refractivity contribution >= 4 is 22.9 Å². The third-order valence-corrected chi connectivity index (χ3v) is 15.0. The standard InChI is InChI=1S/C18H38O5Si2/c1-17(2,3)24(8,9)22-14-13(12-19)21-16(20-7)15(14)23-25(10,11)18(4,5)6/h12-16H,1-11H3/t13-,14-,15+,16+/m1/s1. The van der Waals surface area contributed by atoms with Crippen molar-refractivity contribution in [3.8, 4) is 0 Å². The van der Waals surface area contributed by atoms with E-state index in [-0.39, 0.29) is 10.1 Å². The van der Waals surface area contributed by atoms with E-state index >= 15 is 0 Å². The summed E-state index contributed by atoms with van der Waals surface area (Å²) >= 11 is 0. The first kappa shape index (κ1) is 23.0. The molecule has 4 atom stereocenters. The Morgan fingerprint density at radius 3 is 1.56 bits per heavy atom. The topological polar surface area (TPSA) is 54.0 Å². The van der Waals surface area contributed by atoms with Gasteiger partial charge in [0.25, 0.3) is 0 Å². The lowest BCUT2D eigenvalue weighted by Crippen LogP contribution is -2.54. The maximum Gasteiger partial charge on any atom is 0.192 e. The van der Waals surface area contributed by atoms with Gasteiger partial charge in [0.15, 0.2) is 29.2 Å². The first-order chi connectivity index (χ1) is 11.1. The number of ether oxygens (including phenoxy) is 2. The predicted molar refractivity (Wildman–Crippen MR) is 106 cm³/mol. The second-order valence-corrected chi connectivity index (χ2v) is 19.5. The molecule has 5 nitrogen and oxygen atoms in total. The van der Waals surface area contributed by atoms with E-state index in [1.807, 2.05) is 0 Å². The van der Waals surface area contributed by atoms with Crippen molar-refractivity contribution in [1.82, 2.24) is 0 Å². The first-order valence-corrected chi connectivity index (χ1v) is 14.9. The summed E-state index contributed by atoms with van der Waals surface area (Å²) in [6, 6.07) is 0. The third kappa shape index (κ3) is 5.02. The molecule has 0 bridgehead atoms. The van der Waals surface area contributed by atoms with Crippen molar-refractivity contribution in [2.45, 2.75) is 102 Å². The van der Waals surface area contributed by atoms with E-state index in [9.17, 15) is 4.79 Å². The summed E-state index contributed by atoms with van der Waals surface area (Å²) in [7, 11) is -2.58. The van der Waals surface area contributed by atoms with Gasteiger partial charge in [0, 0.05) is 7.11 Å². The largest absolute Gasteiger partial charge is 0.408 e. The molecule has 0 spiro atoms. The van der Waals surface area contributed by atoms with Gasteiger partial charge < -0.3 is 23.1 Å². The second-order valence-electron chi connectivity index (χ2n) is 10.0. The van der Waals surface area contributed by atoms with Crippen molar-refractivity contribution in [3.63, 3.8) is 0 Å². The van der Waals surface area contributed by atoms with Crippen LogP contribution in [0, 0.1) is 0 Å². The molecule has 0 amide bonds. The minimum Gasteiger partial charge on any atom is -0.408 e. The highest BCUT2D eigenvalue weighted by Crippen LogP contribution is 2.43. The van der Waals surface area contributed by atoms with Gasteiger partial charge in [0.1, 0.15) is 18.3 Å². The van der Waals surface area contributed by atoms with Crippen LogP contribution in [-0.2, 0) is 23.1 Å². The maximum absolute atomic E-state index is 11.6. The van der Waals surface area contributed by atoms with Crippen LogP contribution in [0.1, 0.15) is 41.5 Å². The lowest BCUT2D eigenvalue weighted by Gasteiger charge is -2.43. The first-order valence-electron chi connectivity index (χ1n) is 9.06. The molecule has 0 aromatic carbocycles. The van der Waals surface area contributed by atoms with E-state index in [1.165, 1.54) is 0 Å². The van der Waals surface area contributed by atoms with Crippen molar-refractivity contribution in [1.29, 1.82) is 0 Å². The highest BCUT2D eigenvalue weighted by Gasteiger charge is 2.53. The van der Waals surface area contributed by atoms with E-state index in [4.69, 9.17) is 18.3 Å². The molecule has 1 saturated heterocycles. The molecule has 0 aromatic rings. The zero-order valence-electron chi connectivity index (χ0n) is 17.9. The average molecular weight is 391 g/mol. The summed E-state index contributed by atoms with van der Waals surface area (Å²) in [5.41, 5.74) is 0. The van der Waals surface area contributed by atoms with Crippen LogP contribution >= 0.6 is 0 Å². The smallest absolute Gasteiger partial charge is 0.192 e. The van der Waals surface area contributed by atoms with Gasteiger partial charge in [-0.05, 0) is 36.3 Å². The van der Waals surface area contributed by atoms with E-state index < -0.39 is 41.2 Å². The van der Waals surface area contributed by atoms with Gasteiger partial charge in [-0.25, -0.2) is 0 Å². The quantitative estimate of drug-likeness (QED) is 0.499. The Bertz CT molecular complexity index is 465. The van der Waals surface area contributed by atoms with Crippen LogP contribution in [-0.4, -0.2) is 54.6 Å². The van der Waals surface area contributed by atoms with Gasteiger partial charge in [-0.15, -0.1) is 0 Å². The number of carbonyl (C=O) groups is 1. The molecule has 0 aliphatic carbocycles. The molecule has 1 aliphatic rings. The number of carbonyl (C=O) groups excluding carboxylic acids is 1. The van der Waals surface area contributed by atoms with Crippen molar-refractivity contribution in [2.24, 2.45) is 0 Å². The molecule has 0 unspecified atom stereocenters. The van der Waals surface area contributed by atoms with Gasteiger partial charge in [-0.1, -0.05) is 41.5 Å². The highest BCUT2D eigenvalue weighted by atomic mass is 28.4. The molecule has 1 fully saturated rings. The van der Waals surface area contributed by atoms with Gasteiger partial charge in [0.05, 0.1) is 0 Å². The van der Waals surface area contributed by atoms with Crippen LogP contribution in [0.25, 0.3) is 0 Å². The lowest BCUT2D eigenvalue weighted by molar-refractivity contribution is -0.151. The van der Waals surface area contributed by atoms with Gasteiger partial charge in [-0.3, -0.25) is 0 Å². The lowest BCUT2D eigenvalue weighted by atomic mass is 10.1. The van der Waals surface area contributed by atoms with Crippen LogP contribution in [0.4, 0.5) is 0 Å². The summed E-state index contributed by atoms with van der Waals surface area (Å²) in [6.07, 6.45) is -1.25. The Hall–Kier alpha value is -0.0562. The fraction of sp³-hybridized carbons (Fsp3) is 0.944. The van der Waals surface area contributed by atoms with E-state index in [1.54, 1.807) is 7.11 Å². The second kappa shape index (κ2) is 7.52. The molecule has 0 saturated carbocycles. The third-order valence-electron chi connectivity index (χ3n) is 6.05. The van der Waals surface area contributed by atoms with Crippen molar-refractivity contribution in [2.75, 3.05) is 7.11 Å². The molecule has 148 valence electrons. The summed E-state index contributed by atoms with van der Waals surface area (Å²) in [6.45, 7) is 21.9. The van der Waals surface area contributed by atoms with Gasteiger partial charge in [-0.2, -0.15) is 0 Å². The van der Waals surface area contributed by atoms with Gasteiger partial charge in [0.2, 0.25) is 0 Å². The molecule has 25 heavy (non-hydrogen) atoms.